The molecule has 1 aromatic heterocycles. The number of carbonyl (C=O) groups is 1. The summed E-state index contributed by atoms with van der Waals surface area (Å²) < 4.78 is 2.25. The fourth-order valence-corrected chi connectivity index (χ4v) is 3.06. The zero-order chi connectivity index (χ0) is 15.2. The summed E-state index contributed by atoms with van der Waals surface area (Å²) in [6.45, 7) is 4.95. The SMILES string of the molecule is Cc1c(C)n(CC2(CC#N)CC2)c2ccc(C(=O)O)cc12. The van der Waals surface area contributed by atoms with E-state index in [9.17, 15) is 4.79 Å². The maximum Gasteiger partial charge on any atom is 0.335 e. The van der Waals surface area contributed by atoms with Crippen molar-refractivity contribution < 1.29 is 9.90 Å². The predicted molar refractivity (Wildman–Crippen MR) is 80.3 cm³/mol. The number of carboxylic acid groups (broad SMARTS) is 1. The molecule has 0 amide bonds. The lowest BCUT2D eigenvalue weighted by Crippen LogP contribution is -2.12. The first-order valence-corrected chi connectivity index (χ1v) is 7.17. The fraction of sp³-hybridized carbons (Fsp3) is 0.412. The molecular formula is C17H18N2O2. The van der Waals surface area contributed by atoms with Gasteiger partial charge in [0.25, 0.3) is 0 Å². The molecule has 1 aliphatic carbocycles. The summed E-state index contributed by atoms with van der Waals surface area (Å²) in [6.07, 6.45) is 2.80. The molecule has 0 spiro atoms. The van der Waals surface area contributed by atoms with Crippen LogP contribution in [0.25, 0.3) is 10.9 Å². The van der Waals surface area contributed by atoms with Gasteiger partial charge in [0.15, 0.2) is 0 Å². The minimum atomic E-state index is -0.898. The molecule has 108 valence electrons. The Labute approximate surface area is 123 Å². The number of hydrogen-bond donors (Lipinski definition) is 1. The van der Waals surface area contributed by atoms with Crippen molar-refractivity contribution in [2.24, 2.45) is 5.41 Å². The van der Waals surface area contributed by atoms with Gasteiger partial charge >= 0.3 is 5.97 Å². The van der Waals surface area contributed by atoms with Gasteiger partial charge in [-0.3, -0.25) is 0 Å². The number of aryl methyl sites for hydroxylation is 1. The van der Waals surface area contributed by atoms with Crippen molar-refractivity contribution in [1.82, 2.24) is 4.57 Å². The first-order chi connectivity index (χ1) is 9.97. The molecule has 2 aromatic rings. The molecule has 1 heterocycles. The van der Waals surface area contributed by atoms with Crippen LogP contribution in [0.3, 0.4) is 0 Å². The van der Waals surface area contributed by atoms with E-state index in [1.807, 2.05) is 13.0 Å². The third kappa shape index (κ3) is 2.19. The van der Waals surface area contributed by atoms with Crippen molar-refractivity contribution in [2.45, 2.75) is 39.7 Å². The van der Waals surface area contributed by atoms with Crippen LogP contribution in [-0.4, -0.2) is 15.6 Å². The van der Waals surface area contributed by atoms with Gasteiger partial charge in [0.2, 0.25) is 0 Å². The van der Waals surface area contributed by atoms with Crippen molar-refractivity contribution in [3.63, 3.8) is 0 Å². The first-order valence-electron chi connectivity index (χ1n) is 7.17. The largest absolute Gasteiger partial charge is 0.478 e. The highest BCUT2D eigenvalue weighted by Crippen LogP contribution is 2.50. The molecule has 4 heteroatoms. The molecule has 0 saturated heterocycles. The van der Waals surface area contributed by atoms with Crippen LogP contribution in [0.5, 0.6) is 0 Å². The zero-order valence-electron chi connectivity index (χ0n) is 12.3. The van der Waals surface area contributed by atoms with E-state index in [0.717, 1.165) is 41.5 Å². The number of aromatic nitrogens is 1. The standard InChI is InChI=1S/C17H18N2O2/c1-11-12(2)19(10-17(5-6-17)7-8-18)15-4-3-13(16(20)21)9-14(11)15/h3-4,9H,5-7,10H2,1-2H3,(H,20,21). The predicted octanol–water partition coefficient (Wildman–Crippen LogP) is 3.65. The molecule has 3 rings (SSSR count). The third-order valence-electron chi connectivity index (χ3n) is 4.79. The number of hydrogen-bond acceptors (Lipinski definition) is 2. The molecule has 0 bridgehead atoms. The van der Waals surface area contributed by atoms with Crippen LogP contribution in [0, 0.1) is 30.6 Å². The number of rotatable bonds is 4. The van der Waals surface area contributed by atoms with E-state index < -0.39 is 5.97 Å². The normalized spacial score (nSPS) is 15.9. The molecule has 4 nitrogen and oxygen atoms in total. The highest BCUT2D eigenvalue weighted by Gasteiger charge is 2.43. The summed E-state index contributed by atoms with van der Waals surface area (Å²) in [5.74, 6) is -0.898. The Morgan fingerprint density at radius 2 is 2.14 bits per heavy atom. The van der Waals surface area contributed by atoms with Gasteiger partial charge in [0.1, 0.15) is 0 Å². The van der Waals surface area contributed by atoms with Gasteiger partial charge in [-0.2, -0.15) is 5.26 Å². The van der Waals surface area contributed by atoms with Crippen LogP contribution in [0.15, 0.2) is 18.2 Å². The quantitative estimate of drug-likeness (QED) is 0.930. The topological polar surface area (TPSA) is 66.0 Å². The van der Waals surface area contributed by atoms with Crippen LogP contribution in [0.1, 0.15) is 40.9 Å². The summed E-state index contributed by atoms with van der Waals surface area (Å²) in [6, 6.07) is 7.60. The molecule has 1 aliphatic rings. The smallest absolute Gasteiger partial charge is 0.335 e. The van der Waals surface area contributed by atoms with Crippen molar-refractivity contribution in [3.05, 3.63) is 35.0 Å². The summed E-state index contributed by atoms with van der Waals surface area (Å²) >= 11 is 0. The van der Waals surface area contributed by atoms with Crippen molar-refractivity contribution in [3.8, 4) is 6.07 Å². The monoisotopic (exact) mass is 282 g/mol. The van der Waals surface area contributed by atoms with E-state index >= 15 is 0 Å². The molecule has 0 aliphatic heterocycles. The third-order valence-corrected chi connectivity index (χ3v) is 4.79. The average molecular weight is 282 g/mol. The van der Waals surface area contributed by atoms with Gasteiger partial charge in [-0.15, -0.1) is 0 Å². The Morgan fingerprint density at radius 3 is 2.71 bits per heavy atom. The Hall–Kier alpha value is -2.28. The second-order valence-electron chi connectivity index (χ2n) is 6.17. The van der Waals surface area contributed by atoms with E-state index in [1.165, 1.54) is 0 Å². The zero-order valence-corrected chi connectivity index (χ0v) is 12.3. The minimum absolute atomic E-state index is 0.128. The van der Waals surface area contributed by atoms with Crippen LogP contribution in [-0.2, 0) is 6.54 Å². The first kappa shape index (κ1) is 13.7. The number of benzene rings is 1. The fourth-order valence-electron chi connectivity index (χ4n) is 3.06. The molecular weight excluding hydrogens is 264 g/mol. The maximum atomic E-state index is 11.1. The Balaban J connectivity index is 2.09. The molecule has 0 unspecified atom stereocenters. The van der Waals surface area contributed by atoms with Crippen molar-refractivity contribution in [1.29, 1.82) is 5.26 Å². The van der Waals surface area contributed by atoms with Gasteiger partial charge < -0.3 is 9.67 Å². The molecule has 1 N–H and O–H groups in total. The van der Waals surface area contributed by atoms with Crippen molar-refractivity contribution in [2.75, 3.05) is 0 Å². The number of nitrogens with zero attached hydrogens (tertiary/aromatic N) is 2. The minimum Gasteiger partial charge on any atom is -0.478 e. The van der Waals surface area contributed by atoms with Gasteiger partial charge in [0.05, 0.1) is 11.6 Å². The molecule has 0 radical (unpaired) electrons. The van der Waals surface area contributed by atoms with Gasteiger partial charge in [-0.05, 0) is 50.5 Å². The summed E-state index contributed by atoms with van der Waals surface area (Å²) in [7, 11) is 0. The number of nitriles is 1. The number of aromatic carboxylic acids is 1. The van der Waals surface area contributed by atoms with E-state index in [2.05, 4.69) is 17.6 Å². The summed E-state index contributed by atoms with van der Waals surface area (Å²) in [5, 5.41) is 19.1. The molecule has 1 fully saturated rings. The number of carboxylic acids is 1. The second kappa shape index (κ2) is 4.63. The molecule has 21 heavy (non-hydrogen) atoms. The molecule has 1 aromatic carbocycles. The maximum absolute atomic E-state index is 11.1. The Kier molecular flexibility index (Phi) is 3.02. The van der Waals surface area contributed by atoms with Crippen LogP contribution >= 0.6 is 0 Å². The Bertz CT molecular complexity index is 776. The summed E-state index contributed by atoms with van der Waals surface area (Å²) in [5.41, 5.74) is 3.81. The van der Waals surface area contributed by atoms with Gasteiger partial charge in [-0.25, -0.2) is 4.79 Å². The van der Waals surface area contributed by atoms with E-state index in [-0.39, 0.29) is 5.41 Å². The Morgan fingerprint density at radius 1 is 1.43 bits per heavy atom. The highest BCUT2D eigenvalue weighted by atomic mass is 16.4. The number of fused-ring (bicyclic) bond motifs is 1. The lowest BCUT2D eigenvalue weighted by Gasteiger charge is -2.15. The van der Waals surface area contributed by atoms with E-state index in [4.69, 9.17) is 10.4 Å². The molecule has 0 atom stereocenters. The van der Waals surface area contributed by atoms with Crippen LogP contribution < -0.4 is 0 Å². The van der Waals surface area contributed by atoms with Crippen molar-refractivity contribution >= 4 is 16.9 Å². The summed E-state index contributed by atoms with van der Waals surface area (Å²) in [4.78, 5) is 11.1. The lowest BCUT2D eigenvalue weighted by atomic mass is 10.0. The molecule has 1 saturated carbocycles. The van der Waals surface area contributed by atoms with Crippen LogP contribution in [0.2, 0.25) is 0 Å². The van der Waals surface area contributed by atoms with E-state index in [0.29, 0.717) is 12.0 Å². The highest BCUT2D eigenvalue weighted by molar-refractivity contribution is 5.95. The average Bonchev–Trinajstić information content (AvgIpc) is 3.18. The van der Waals surface area contributed by atoms with Crippen LogP contribution in [0.4, 0.5) is 0 Å². The lowest BCUT2D eigenvalue weighted by molar-refractivity contribution is 0.0697. The van der Waals surface area contributed by atoms with Gasteiger partial charge in [0, 0.05) is 35.0 Å². The van der Waals surface area contributed by atoms with Gasteiger partial charge in [-0.1, -0.05) is 0 Å². The second-order valence-corrected chi connectivity index (χ2v) is 6.17. The van der Waals surface area contributed by atoms with E-state index in [1.54, 1.807) is 12.1 Å².